The van der Waals surface area contributed by atoms with Gasteiger partial charge in [-0.1, -0.05) is 60.7 Å². The first-order valence-electron chi connectivity index (χ1n) is 14.7. The summed E-state index contributed by atoms with van der Waals surface area (Å²) in [5.41, 5.74) is 1.24. The molecule has 2 aromatic rings. The zero-order valence-corrected chi connectivity index (χ0v) is 24.9. The molecule has 2 aliphatic heterocycles. The molecule has 2 saturated heterocycles. The molecule has 4 rings (SSSR count). The van der Waals surface area contributed by atoms with Gasteiger partial charge in [0.05, 0.1) is 12.6 Å². The lowest BCUT2D eigenvalue weighted by atomic mass is 10.2. The highest BCUT2D eigenvalue weighted by Crippen LogP contribution is 2.24. The van der Waals surface area contributed by atoms with Crippen LogP contribution in [0.25, 0.3) is 0 Å². The minimum Gasteiger partial charge on any atom is -0.459 e. The fourth-order valence-corrected chi connectivity index (χ4v) is 4.99. The van der Waals surface area contributed by atoms with Crippen LogP contribution in [-0.4, -0.2) is 96.5 Å². The van der Waals surface area contributed by atoms with Crippen LogP contribution < -0.4 is 0 Å². The highest BCUT2D eigenvalue weighted by molar-refractivity contribution is 5.82. The fraction of sp³-hybridized carbons (Fsp3) is 0.531. The van der Waals surface area contributed by atoms with E-state index in [2.05, 4.69) is 4.90 Å². The lowest BCUT2D eigenvalue weighted by Gasteiger charge is -2.35. The van der Waals surface area contributed by atoms with Crippen molar-refractivity contribution in [1.29, 1.82) is 0 Å². The Morgan fingerprint density at radius 2 is 1.40 bits per heavy atom. The Hall–Kier alpha value is -3.63. The Morgan fingerprint density at radius 1 is 0.810 bits per heavy atom. The minimum absolute atomic E-state index is 0.120. The van der Waals surface area contributed by atoms with Crippen molar-refractivity contribution in [2.45, 2.75) is 64.6 Å². The average Bonchev–Trinajstić information content (AvgIpc) is 3.42. The quantitative estimate of drug-likeness (QED) is 0.230. The van der Waals surface area contributed by atoms with Crippen LogP contribution in [0.1, 0.15) is 44.7 Å². The van der Waals surface area contributed by atoms with Crippen molar-refractivity contribution in [2.75, 3.05) is 45.9 Å². The summed E-state index contributed by atoms with van der Waals surface area (Å²) in [5.74, 6) is -0.468. The predicted octanol–water partition coefficient (Wildman–Crippen LogP) is 4.47. The molecule has 2 atom stereocenters. The maximum absolute atomic E-state index is 13.1. The van der Waals surface area contributed by atoms with E-state index in [-0.39, 0.29) is 32.0 Å². The number of carbonyl (C=O) groups excluding carboxylic acids is 3. The highest BCUT2D eigenvalue weighted by atomic mass is 16.6. The van der Waals surface area contributed by atoms with E-state index < -0.39 is 23.7 Å². The Balaban J connectivity index is 1.23. The van der Waals surface area contributed by atoms with Crippen LogP contribution in [0.2, 0.25) is 0 Å². The maximum Gasteiger partial charge on any atom is 0.410 e. The van der Waals surface area contributed by atoms with Crippen molar-refractivity contribution < 1.29 is 33.3 Å². The highest BCUT2D eigenvalue weighted by Gasteiger charge is 2.42. The molecule has 42 heavy (non-hydrogen) atoms. The number of hydrogen-bond donors (Lipinski definition) is 0. The number of esters is 1. The van der Waals surface area contributed by atoms with Crippen LogP contribution in [0, 0.1) is 0 Å². The van der Waals surface area contributed by atoms with Gasteiger partial charge in [-0.2, -0.15) is 0 Å². The van der Waals surface area contributed by atoms with Crippen molar-refractivity contribution >= 4 is 18.2 Å². The Kier molecular flexibility index (Phi) is 11.2. The SMILES string of the molecule is CC(C)(C)OC(=O)N1CCN(CCCO[C@H]2C[C@@H](C(=O)OCc3ccccc3)N(C(=O)OCc3ccccc3)C2)CC1. The molecule has 0 aromatic heterocycles. The van der Waals surface area contributed by atoms with Crippen molar-refractivity contribution in [3.05, 3.63) is 71.8 Å². The first-order valence-corrected chi connectivity index (χ1v) is 14.7. The zero-order valence-electron chi connectivity index (χ0n) is 24.9. The molecular formula is C32H43N3O7. The van der Waals surface area contributed by atoms with E-state index in [1.807, 2.05) is 81.4 Å². The molecule has 0 aliphatic carbocycles. The molecular weight excluding hydrogens is 538 g/mol. The number of carbonyl (C=O) groups is 3. The van der Waals surface area contributed by atoms with Gasteiger partial charge < -0.3 is 23.8 Å². The van der Waals surface area contributed by atoms with Gasteiger partial charge in [0.1, 0.15) is 24.9 Å². The van der Waals surface area contributed by atoms with Crippen LogP contribution in [0.4, 0.5) is 9.59 Å². The maximum atomic E-state index is 13.1. The van der Waals surface area contributed by atoms with Crippen LogP contribution in [0.3, 0.4) is 0 Å². The smallest absolute Gasteiger partial charge is 0.410 e. The molecule has 0 saturated carbocycles. The molecule has 2 aromatic carbocycles. The van der Waals surface area contributed by atoms with Crippen LogP contribution in [-0.2, 0) is 37.0 Å². The van der Waals surface area contributed by atoms with Gasteiger partial charge >= 0.3 is 18.2 Å². The summed E-state index contributed by atoms with van der Waals surface area (Å²) in [5, 5.41) is 0. The number of likely N-dealkylation sites (tertiary alicyclic amines) is 1. The predicted molar refractivity (Wildman–Crippen MR) is 157 cm³/mol. The van der Waals surface area contributed by atoms with E-state index in [0.717, 1.165) is 37.2 Å². The second-order valence-electron chi connectivity index (χ2n) is 11.7. The molecule has 228 valence electrons. The third-order valence-electron chi connectivity index (χ3n) is 7.19. The Bertz CT molecular complexity index is 1080. The van der Waals surface area contributed by atoms with Gasteiger partial charge in [0, 0.05) is 45.8 Å². The molecule has 2 fully saturated rings. The number of piperazine rings is 1. The second kappa shape index (κ2) is 15.0. The van der Waals surface area contributed by atoms with Gasteiger partial charge in [-0.05, 0) is 38.3 Å². The van der Waals surface area contributed by atoms with Crippen LogP contribution >= 0.6 is 0 Å². The summed E-state index contributed by atoms with van der Waals surface area (Å²) in [6, 6.07) is 18.1. The van der Waals surface area contributed by atoms with Gasteiger partial charge in [0.25, 0.3) is 0 Å². The minimum atomic E-state index is -0.775. The van der Waals surface area contributed by atoms with E-state index in [1.165, 1.54) is 4.90 Å². The van der Waals surface area contributed by atoms with Crippen LogP contribution in [0.5, 0.6) is 0 Å². The van der Waals surface area contributed by atoms with E-state index >= 15 is 0 Å². The fourth-order valence-electron chi connectivity index (χ4n) is 4.99. The van der Waals surface area contributed by atoms with Gasteiger partial charge in [-0.3, -0.25) is 9.80 Å². The Morgan fingerprint density at radius 3 is 2.00 bits per heavy atom. The van der Waals surface area contributed by atoms with Crippen molar-refractivity contribution in [1.82, 2.24) is 14.7 Å². The third-order valence-corrected chi connectivity index (χ3v) is 7.19. The molecule has 2 aliphatic rings. The first-order chi connectivity index (χ1) is 20.2. The molecule has 0 unspecified atom stereocenters. The largest absolute Gasteiger partial charge is 0.459 e. The van der Waals surface area contributed by atoms with Crippen molar-refractivity contribution in [2.24, 2.45) is 0 Å². The number of benzene rings is 2. The summed E-state index contributed by atoms with van der Waals surface area (Å²) in [7, 11) is 0. The topological polar surface area (TPSA) is 97.9 Å². The molecule has 0 N–H and O–H groups in total. The van der Waals surface area contributed by atoms with Gasteiger partial charge in [0.2, 0.25) is 0 Å². The molecule has 2 amide bonds. The molecule has 0 bridgehead atoms. The average molecular weight is 582 g/mol. The summed E-state index contributed by atoms with van der Waals surface area (Å²) < 4.78 is 22.7. The molecule has 0 spiro atoms. The molecule has 0 radical (unpaired) electrons. The summed E-state index contributed by atoms with van der Waals surface area (Å²) in [4.78, 5) is 43.9. The summed E-state index contributed by atoms with van der Waals surface area (Å²) in [6.07, 6.45) is 0.0186. The second-order valence-corrected chi connectivity index (χ2v) is 11.7. The van der Waals surface area contributed by atoms with Gasteiger partial charge in [0.15, 0.2) is 0 Å². The monoisotopic (exact) mass is 581 g/mol. The van der Waals surface area contributed by atoms with E-state index in [4.69, 9.17) is 18.9 Å². The van der Waals surface area contributed by atoms with Crippen molar-refractivity contribution in [3.8, 4) is 0 Å². The Labute approximate surface area is 248 Å². The normalized spacial score (nSPS) is 19.4. The molecule has 2 heterocycles. The number of nitrogens with zero attached hydrogens (tertiary/aromatic N) is 3. The van der Waals surface area contributed by atoms with Crippen molar-refractivity contribution in [3.63, 3.8) is 0 Å². The summed E-state index contributed by atoms with van der Waals surface area (Å²) >= 11 is 0. The lowest BCUT2D eigenvalue weighted by molar-refractivity contribution is -0.150. The number of amides is 2. The summed E-state index contributed by atoms with van der Waals surface area (Å²) in [6.45, 7) is 10.3. The number of ether oxygens (including phenoxy) is 4. The molecule has 10 heteroatoms. The lowest BCUT2D eigenvalue weighted by Crippen LogP contribution is -2.50. The van der Waals surface area contributed by atoms with E-state index in [1.54, 1.807) is 4.90 Å². The number of rotatable bonds is 10. The standard InChI is InChI=1S/C32H43N3O7/c1-32(2,3)42-30(37)34-18-16-33(17-19-34)15-10-20-39-27-21-28(29(36)40-23-25-11-6-4-7-12-25)35(22-27)31(38)41-24-26-13-8-5-9-14-26/h4-9,11-14,27-28H,10,15-24H2,1-3H3/t27-,28-/m0/s1. The zero-order chi connectivity index (χ0) is 30.0. The van der Waals surface area contributed by atoms with E-state index in [9.17, 15) is 14.4 Å². The number of hydrogen-bond acceptors (Lipinski definition) is 8. The van der Waals surface area contributed by atoms with Crippen LogP contribution in [0.15, 0.2) is 60.7 Å². The van der Waals surface area contributed by atoms with Gasteiger partial charge in [-0.25, -0.2) is 14.4 Å². The third kappa shape index (κ3) is 9.73. The first kappa shape index (κ1) is 31.3. The molecule has 10 nitrogen and oxygen atoms in total. The van der Waals surface area contributed by atoms with Gasteiger partial charge in [-0.15, -0.1) is 0 Å². The van der Waals surface area contributed by atoms with E-state index in [0.29, 0.717) is 26.1 Å².